The van der Waals surface area contributed by atoms with Crippen LogP contribution in [0.4, 0.5) is 0 Å². The van der Waals surface area contributed by atoms with E-state index < -0.39 is 0 Å². The number of carbonyl (C=O) groups excluding carboxylic acids is 1. The highest BCUT2D eigenvalue weighted by molar-refractivity contribution is 5.84. The summed E-state index contributed by atoms with van der Waals surface area (Å²) in [5.41, 5.74) is 5.70. The smallest absolute Gasteiger partial charge is 0.157 e. The van der Waals surface area contributed by atoms with Gasteiger partial charge in [-0.25, -0.2) is 5.84 Å². The minimum Gasteiger partial charge on any atom is -0.389 e. The van der Waals surface area contributed by atoms with Gasteiger partial charge in [0.15, 0.2) is 5.78 Å². The molecule has 0 saturated heterocycles. The molecule has 0 spiro atoms. The van der Waals surface area contributed by atoms with E-state index in [2.05, 4.69) is 13.8 Å². The number of carbonyl (C=O) groups is 1. The minimum atomic E-state index is 0.0369. The Balaban J connectivity index is 1.45. The Morgan fingerprint density at radius 3 is 2.66 bits per heavy atom. The fourth-order valence-electron chi connectivity index (χ4n) is 8.16. The summed E-state index contributed by atoms with van der Waals surface area (Å²) in [5.74, 6) is 11.5. The average Bonchev–Trinajstić information content (AvgIpc) is 3.04. The Morgan fingerprint density at radius 1 is 1.14 bits per heavy atom. The van der Waals surface area contributed by atoms with Gasteiger partial charge >= 0.3 is 0 Å². The summed E-state index contributed by atoms with van der Waals surface area (Å²) in [6.07, 6.45) is 13.2. The van der Waals surface area contributed by atoms with Gasteiger partial charge in [-0.15, -0.1) is 0 Å². The number of hydrazine groups is 1. The lowest BCUT2D eigenvalue weighted by Crippen LogP contribution is -2.50. The van der Waals surface area contributed by atoms with Crippen molar-refractivity contribution in [2.75, 3.05) is 6.54 Å². The molecule has 4 saturated carbocycles. The quantitative estimate of drug-likeness (QED) is 0.424. The Hall–Kier alpha value is -1.54. The van der Waals surface area contributed by atoms with Crippen LogP contribution >= 0.6 is 0 Å². The number of fused-ring (bicyclic) bond motifs is 5. The predicted octanol–water partition coefficient (Wildman–Crippen LogP) is 3.96. The standard InChI is InChI=1S/C24H38N4O/c1-15-3-5-18-16(11-15)4-6-20-19(18)9-10-24(2)21(20)7-8-22(24)23(29)14-28(27)13-17(26)12-25/h13,15-16,18-22H,3-11,14,26-27H2,1-2H3/b17-13-. The highest BCUT2D eigenvalue weighted by Crippen LogP contribution is 2.64. The van der Waals surface area contributed by atoms with Crippen LogP contribution in [0.2, 0.25) is 0 Å². The lowest BCUT2D eigenvalue weighted by Gasteiger charge is -2.56. The summed E-state index contributed by atoms with van der Waals surface area (Å²) in [4.78, 5) is 13.1. The molecular formula is C24H38N4O. The Bertz CT molecular complexity index is 712. The predicted molar refractivity (Wildman–Crippen MR) is 114 cm³/mol. The number of rotatable bonds is 4. The Kier molecular flexibility index (Phi) is 5.68. The summed E-state index contributed by atoms with van der Waals surface area (Å²) >= 11 is 0. The van der Waals surface area contributed by atoms with E-state index in [1.54, 1.807) is 0 Å². The minimum absolute atomic E-state index is 0.0369. The summed E-state index contributed by atoms with van der Waals surface area (Å²) in [6.45, 7) is 4.97. The van der Waals surface area contributed by atoms with Gasteiger partial charge in [-0.1, -0.05) is 20.3 Å². The van der Waals surface area contributed by atoms with E-state index >= 15 is 0 Å². The van der Waals surface area contributed by atoms with Crippen LogP contribution in [-0.2, 0) is 4.79 Å². The highest BCUT2D eigenvalue weighted by Gasteiger charge is 2.58. The fourth-order valence-corrected chi connectivity index (χ4v) is 8.16. The number of hydrogen-bond donors (Lipinski definition) is 2. The normalized spacial score (nSPS) is 44.2. The molecule has 0 aromatic rings. The van der Waals surface area contributed by atoms with Crippen LogP contribution in [-0.4, -0.2) is 17.3 Å². The summed E-state index contributed by atoms with van der Waals surface area (Å²) in [5, 5.41) is 10.1. The molecule has 4 aliphatic rings. The maximum absolute atomic E-state index is 13.1. The van der Waals surface area contributed by atoms with Gasteiger partial charge in [0.05, 0.1) is 6.54 Å². The van der Waals surface area contributed by atoms with E-state index in [-0.39, 0.29) is 29.4 Å². The van der Waals surface area contributed by atoms with Crippen LogP contribution in [0.25, 0.3) is 0 Å². The zero-order valence-corrected chi connectivity index (χ0v) is 18.1. The van der Waals surface area contributed by atoms with Crippen molar-refractivity contribution in [3.8, 4) is 6.07 Å². The molecule has 5 nitrogen and oxygen atoms in total. The summed E-state index contributed by atoms with van der Waals surface area (Å²) < 4.78 is 0. The van der Waals surface area contributed by atoms with E-state index in [0.717, 1.165) is 36.0 Å². The highest BCUT2D eigenvalue weighted by atomic mass is 16.1. The van der Waals surface area contributed by atoms with Crippen LogP contribution in [0.3, 0.4) is 0 Å². The van der Waals surface area contributed by atoms with E-state index in [1.165, 1.54) is 62.6 Å². The van der Waals surface area contributed by atoms with Crippen LogP contribution in [0.1, 0.15) is 71.6 Å². The van der Waals surface area contributed by atoms with Crippen LogP contribution in [0, 0.1) is 58.2 Å². The van der Waals surface area contributed by atoms with E-state index in [1.807, 2.05) is 6.07 Å². The first kappa shape index (κ1) is 20.7. The van der Waals surface area contributed by atoms with E-state index in [0.29, 0.717) is 5.92 Å². The summed E-state index contributed by atoms with van der Waals surface area (Å²) in [7, 11) is 0. The third kappa shape index (κ3) is 3.69. The van der Waals surface area contributed by atoms with Crippen LogP contribution in [0.15, 0.2) is 11.9 Å². The lowest BCUT2D eigenvalue weighted by molar-refractivity contribution is -0.131. The van der Waals surface area contributed by atoms with Crippen LogP contribution in [0.5, 0.6) is 0 Å². The number of nitrogens with two attached hydrogens (primary N) is 2. The second-order valence-electron chi connectivity index (χ2n) is 10.9. The summed E-state index contributed by atoms with van der Waals surface area (Å²) in [6, 6.07) is 1.85. The molecule has 0 aromatic carbocycles. The van der Waals surface area contributed by atoms with Gasteiger partial charge < -0.3 is 10.7 Å². The van der Waals surface area contributed by atoms with Gasteiger partial charge in [0, 0.05) is 12.1 Å². The molecule has 4 rings (SSSR count). The van der Waals surface area contributed by atoms with Crippen molar-refractivity contribution in [2.24, 2.45) is 58.4 Å². The molecular weight excluding hydrogens is 360 g/mol. The zero-order valence-electron chi connectivity index (χ0n) is 18.1. The molecule has 0 heterocycles. The number of allylic oxidation sites excluding steroid dienone is 1. The molecule has 0 aliphatic heterocycles. The van der Waals surface area contributed by atoms with Crippen molar-refractivity contribution in [1.29, 1.82) is 5.26 Å². The molecule has 0 aromatic heterocycles. The van der Waals surface area contributed by atoms with Gasteiger partial charge in [-0.05, 0) is 92.3 Å². The molecule has 4 N–H and O–H groups in total. The molecule has 0 amide bonds. The Morgan fingerprint density at radius 2 is 1.90 bits per heavy atom. The number of ketones is 1. The number of Topliss-reactive ketones (excluding diaryl/α,β-unsaturated/α-hetero) is 1. The molecule has 4 aliphatic carbocycles. The first-order chi connectivity index (χ1) is 13.8. The second kappa shape index (κ2) is 7.95. The van der Waals surface area contributed by atoms with Crippen molar-refractivity contribution in [3.05, 3.63) is 11.9 Å². The average molecular weight is 399 g/mol. The first-order valence-corrected chi connectivity index (χ1v) is 11.7. The second-order valence-corrected chi connectivity index (χ2v) is 10.9. The molecule has 5 heteroatoms. The maximum Gasteiger partial charge on any atom is 0.157 e. The van der Waals surface area contributed by atoms with Gasteiger partial charge in [0.2, 0.25) is 0 Å². The molecule has 0 bridgehead atoms. The molecule has 0 radical (unpaired) electrons. The van der Waals surface area contributed by atoms with Crippen molar-refractivity contribution < 1.29 is 4.79 Å². The molecule has 160 valence electrons. The molecule has 8 atom stereocenters. The largest absolute Gasteiger partial charge is 0.389 e. The SMILES string of the molecule is CC1CCC2C(CCC3C2CCC2(C)C(C(=O)CN(N)/C=C(\N)C#N)CCC32)C1. The lowest BCUT2D eigenvalue weighted by atomic mass is 9.49. The van der Waals surface area contributed by atoms with Crippen molar-refractivity contribution in [1.82, 2.24) is 5.01 Å². The van der Waals surface area contributed by atoms with Gasteiger partial charge in [-0.2, -0.15) is 5.26 Å². The molecule has 29 heavy (non-hydrogen) atoms. The third-order valence-electron chi connectivity index (χ3n) is 9.38. The monoisotopic (exact) mass is 398 g/mol. The van der Waals surface area contributed by atoms with E-state index in [4.69, 9.17) is 16.8 Å². The number of nitriles is 1. The fraction of sp³-hybridized carbons (Fsp3) is 0.833. The van der Waals surface area contributed by atoms with Gasteiger partial charge in [-0.3, -0.25) is 4.79 Å². The zero-order chi connectivity index (χ0) is 20.8. The first-order valence-electron chi connectivity index (χ1n) is 11.7. The maximum atomic E-state index is 13.1. The van der Waals surface area contributed by atoms with Crippen LogP contribution < -0.4 is 11.6 Å². The number of hydrogen-bond acceptors (Lipinski definition) is 5. The van der Waals surface area contributed by atoms with Crippen molar-refractivity contribution in [2.45, 2.75) is 71.6 Å². The van der Waals surface area contributed by atoms with Gasteiger partial charge in [0.1, 0.15) is 11.8 Å². The van der Waals surface area contributed by atoms with Crippen molar-refractivity contribution >= 4 is 5.78 Å². The topological polar surface area (TPSA) is 96.1 Å². The Labute approximate surface area is 175 Å². The third-order valence-corrected chi connectivity index (χ3v) is 9.38. The molecule has 8 unspecified atom stereocenters. The molecule has 4 fully saturated rings. The van der Waals surface area contributed by atoms with Gasteiger partial charge in [0.25, 0.3) is 0 Å². The van der Waals surface area contributed by atoms with E-state index in [9.17, 15) is 4.79 Å². The van der Waals surface area contributed by atoms with Crippen molar-refractivity contribution in [3.63, 3.8) is 0 Å². The number of nitrogens with zero attached hydrogens (tertiary/aromatic N) is 2.